The maximum Gasteiger partial charge on any atom is 0.303 e. The smallest absolute Gasteiger partial charge is 0.303 e. The molecule has 0 radical (unpaired) electrons. The largest absolute Gasteiger partial charge is 0.456 e. The number of nitrogens with zero attached hydrogens (tertiary/aromatic N) is 1. The summed E-state index contributed by atoms with van der Waals surface area (Å²) in [6.45, 7) is 0.910. The van der Waals surface area contributed by atoms with Crippen molar-refractivity contribution in [1.82, 2.24) is 4.98 Å². The summed E-state index contributed by atoms with van der Waals surface area (Å²) in [5.74, 6) is -0.592. The highest BCUT2D eigenvalue weighted by atomic mass is 35.5. The van der Waals surface area contributed by atoms with E-state index in [4.69, 9.17) is 11.6 Å². The van der Waals surface area contributed by atoms with E-state index in [1.165, 1.54) is 13.1 Å². The van der Waals surface area contributed by atoms with Gasteiger partial charge in [0.05, 0.1) is 5.02 Å². The van der Waals surface area contributed by atoms with Gasteiger partial charge in [0.15, 0.2) is 6.61 Å². The van der Waals surface area contributed by atoms with E-state index in [1.807, 2.05) is 0 Å². The van der Waals surface area contributed by atoms with Gasteiger partial charge in [-0.2, -0.15) is 0 Å². The Morgan fingerprint density at radius 1 is 1.50 bits per heavy atom. The van der Waals surface area contributed by atoms with Crippen LogP contribution in [0.2, 0.25) is 5.02 Å². The van der Waals surface area contributed by atoms with E-state index in [1.54, 1.807) is 12.1 Å². The lowest BCUT2D eigenvalue weighted by Gasteiger charge is -2.03. The normalized spacial score (nSPS) is 8.88. The van der Waals surface area contributed by atoms with Crippen molar-refractivity contribution in [2.45, 2.75) is 6.92 Å². The maximum atomic E-state index is 11.1. The minimum atomic E-state index is -0.505. The monoisotopic (exact) mass is 264 g/mol. The predicted molar refractivity (Wildman–Crippen MR) is 61.8 cm³/mol. The van der Waals surface area contributed by atoms with E-state index in [0.29, 0.717) is 10.8 Å². The Kier molecular flexibility index (Phi) is 6.44. The summed E-state index contributed by atoms with van der Waals surface area (Å²) in [5, 5.41) is 2.92. The Hall–Kier alpha value is -1.33. The van der Waals surface area contributed by atoms with Crippen LogP contribution in [0.5, 0.6) is 0 Å². The molecular formula is C9H10Cl2N2O3. The summed E-state index contributed by atoms with van der Waals surface area (Å²) >= 11 is 5.61. The van der Waals surface area contributed by atoms with Gasteiger partial charge in [0.2, 0.25) is 0 Å². The molecule has 5 nitrogen and oxygen atoms in total. The molecule has 0 aromatic carbocycles. The van der Waals surface area contributed by atoms with Crippen molar-refractivity contribution in [3.05, 3.63) is 23.4 Å². The Bertz CT molecular complexity index is 368. The molecule has 88 valence electrons. The predicted octanol–water partition coefficient (Wildman–Crippen LogP) is 1.66. The molecule has 16 heavy (non-hydrogen) atoms. The summed E-state index contributed by atoms with van der Waals surface area (Å²) in [4.78, 5) is 25.4. The molecule has 1 aromatic rings. The third-order valence-corrected chi connectivity index (χ3v) is 1.62. The van der Waals surface area contributed by atoms with Crippen LogP contribution < -0.4 is 5.32 Å². The molecule has 1 N–H and O–H groups in total. The molecule has 1 rings (SSSR count). The fourth-order valence-electron chi connectivity index (χ4n) is 0.796. The van der Waals surface area contributed by atoms with Crippen LogP contribution in [0.3, 0.4) is 0 Å². The first-order chi connectivity index (χ1) is 7.08. The summed E-state index contributed by atoms with van der Waals surface area (Å²) in [5.41, 5.74) is 0. The number of aromatic nitrogens is 1. The standard InChI is InChI=1S/C9H9ClN2O3.ClH/c1-6(13)15-5-9(14)12-8-3-2-7(10)4-11-8;/h2-4H,5H2,1H3,(H,11,12,14);1H. The zero-order chi connectivity index (χ0) is 11.3. The van der Waals surface area contributed by atoms with Crippen LogP contribution in [0.4, 0.5) is 5.82 Å². The highest BCUT2D eigenvalue weighted by Gasteiger charge is 2.04. The Morgan fingerprint density at radius 2 is 2.19 bits per heavy atom. The minimum Gasteiger partial charge on any atom is -0.456 e. The quantitative estimate of drug-likeness (QED) is 0.844. The third-order valence-electron chi connectivity index (χ3n) is 1.40. The number of rotatable bonds is 3. The second kappa shape index (κ2) is 7.03. The highest BCUT2D eigenvalue weighted by molar-refractivity contribution is 6.30. The summed E-state index contributed by atoms with van der Waals surface area (Å²) in [6, 6.07) is 3.14. The van der Waals surface area contributed by atoms with Crippen LogP contribution in [-0.4, -0.2) is 23.5 Å². The van der Waals surface area contributed by atoms with Crippen molar-refractivity contribution in [2.75, 3.05) is 11.9 Å². The molecule has 0 saturated carbocycles. The number of nitrogens with one attached hydrogen (secondary N) is 1. The lowest BCUT2D eigenvalue weighted by Crippen LogP contribution is -2.20. The van der Waals surface area contributed by atoms with Crippen LogP contribution in [0.15, 0.2) is 18.3 Å². The lowest BCUT2D eigenvalue weighted by molar-refractivity contribution is -0.144. The topological polar surface area (TPSA) is 68.3 Å². The second-order valence-electron chi connectivity index (χ2n) is 2.69. The number of esters is 1. The molecule has 0 aliphatic carbocycles. The number of carbonyl (C=O) groups excluding carboxylic acids is 2. The fourth-order valence-corrected chi connectivity index (χ4v) is 0.908. The fraction of sp³-hybridized carbons (Fsp3) is 0.222. The number of hydrogen-bond donors (Lipinski definition) is 1. The van der Waals surface area contributed by atoms with Crippen LogP contribution in [0, 0.1) is 0 Å². The Labute approximate surface area is 104 Å². The van der Waals surface area contributed by atoms with Crippen LogP contribution in [0.25, 0.3) is 0 Å². The molecule has 0 aliphatic heterocycles. The number of carbonyl (C=O) groups is 2. The van der Waals surface area contributed by atoms with Gasteiger partial charge >= 0.3 is 5.97 Å². The van der Waals surface area contributed by atoms with Crippen LogP contribution >= 0.6 is 24.0 Å². The van der Waals surface area contributed by atoms with Gasteiger partial charge in [0.25, 0.3) is 5.91 Å². The molecule has 0 aliphatic rings. The van der Waals surface area contributed by atoms with Crippen molar-refractivity contribution in [1.29, 1.82) is 0 Å². The minimum absolute atomic E-state index is 0. The van der Waals surface area contributed by atoms with Crippen molar-refractivity contribution in [3.63, 3.8) is 0 Å². The summed E-state index contributed by atoms with van der Waals surface area (Å²) in [6.07, 6.45) is 1.41. The molecule has 0 fully saturated rings. The van der Waals surface area contributed by atoms with Crippen molar-refractivity contribution in [3.8, 4) is 0 Å². The SMILES string of the molecule is CC(=O)OCC(=O)Nc1ccc(Cl)cn1.Cl. The van der Waals surface area contributed by atoms with Crippen LogP contribution in [-0.2, 0) is 14.3 Å². The first-order valence-corrected chi connectivity index (χ1v) is 4.50. The Morgan fingerprint density at radius 3 is 2.69 bits per heavy atom. The molecule has 0 bridgehead atoms. The van der Waals surface area contributed by atoms with Crippen LogP contribution in [0.1, 0.15) is 6.92 Å². The van der Waals surface area contributed by atoms with E-state index < -0.39 is 11.9 Å². The van der Waals surface area contributed by atoms with Gasteiger partial charge in [0, 0.05) is 13.1 Å². The van der Waals surface area contributed by atoms with Gasteiger partial charge in [-0.15, -0.1) is 12.4 Å². The molecule has 0 spiro atoms. The van der Waals surface area contributed by atoms with Crippen molar-refractivity contribution in [2.24, 2.45) is 0 Å². The van der Waals surface area contributed by atoms with E-state index in [2.05, 4.69) is 15.0 Å². The number of hydrogen-bond acceptors (Lipinski definition) is 4. The first-order valence-electron chi connectivity index (χ1n) is 4.12. The number of halogens is 2. The number of pyridine rings is 1. The molecule has 1 aromatic heterocycles. The number of ether oxygens (including phenoxy) is 1. The van der Waals surface area contributed by atoms with E-state index in [9.17, 15) is 9.59 Å². The molecule has 7 heteroatoms. The first kappa shape index (κ1) is 14.7. The van der Waals surface area contributed by atoms with E-state index in [0.717, 1.165) is 0 Å². The van der Waals surface area contributed by atoms with Crippen molar-refractivity contribution < 1.29 is 14.3 Å². The molecule has 1 amide bonds. The van der Waals surface area contributed by atoms with E-state index in [-0.39, 0.29) is 19.0 Å². The number of anilines is 1. The molecule has 0 saturated heterocycles. The van der Waals surface area contributed by atoms with Gasteiger partial charge in [-0.3, -0.25) is 9.59 Å². The van der Waals surface area contributed by atoms with E-state index >= 15 is 0 Å². The van der Waals surface area contributed by atoms with Crippen molar-refractivity contribution >= 4 is 41.7 Å². The average Bonchev–Trinajstić information content (AvgIpc) is 2.19. The van der Waals surface area contributed by atoms with Gasteiger partial charge in [-0.25, -0.2) is 4.98 Å². The second-order valence-corrected chi connectivity index (χ2v) is 3.13. The zero-order valence-electron chi connectivity index (χ0n) is 8.40. The molecule has 1 heterocycles. The van der Waals surface area contributed by atoms with Gasteiger partial charge in [-0.05, 0) is 12.1 Å². The van der Waals surface area contributed by atoms with Gasteiger partial charge in [-0.1, -0.05) is 11.6 Å². The summed E-state index contributed by atoms with van der Waals surface area (Å²) < 4.78 is 4.49. The van der Waals surface area contributed by atoms with Gasteiger partial charge in [0.1, 0.15) is 5.82 Å². The van der Waals surface area contributed by atoms with Gasteiger partial charge < -0.3 is 10.1 Å². The lowest BCUT2D eigenvalue weighted by atomic mass is 10.4. The Balaban J connectivity index is 0.00000225. The highest BCUT2D eigenvalue weighted by Crippen LogP contribution is 2.09. The maximum absolute atomic E-state index is 11.1. The average molecular weight is 265 g/mol. The zero-order valence-corrected chi connectivity index (χ0v) is 9.97. The number of amides is 1. The molecule has 0 atom stereocenters. The molecule has 0 unspecified atom stereocenters. The summed E-state index contributed by atoms with van der Waals surface area (Å²) in [7, 11) is 0. The molecular weight excluding hydrogens is 255 g/mol. The third kappa shape index (κ3) is 5.53.